The molecular formula is C27H42N2O. The van der Waals surface area contributed by atoms with Gasteiger partial charge in [0.2, 0.25) is 0 Å². The Morgan fingerprint density at radius 3 is 2.37 bits per heavy atom. The van der Waals surface area contributed by atoms with Crippen molar-refractivity contribution in [1.82, 2.24) is 9.97 Å². The molecule has 0 N–H and O–H groups in total. The van der Waals surface area contributed by atoms with E-state index in [0.29, 0.717) is 5.92 Å². The van der Waals surface area contributed by atoms with Crippen molar-refractivity contribution in [3.8, 4) is 17.0 Å². The number of ether oxygens (including phenoxy) is 1. The number of benzene rings is 1. The minimum absolute atomic E-state index is 0.641. The smallest absolute Gasteiger partial charge is 0.128 e. The van der Waals surface area contributed by atoms with Crippen LogP contribution < -0.4 is 4.74 Å². The lowest BCUT2D eigenvalue weighted by Crippen LogP contribution is -2.05. The molecule has 0 fully saturated rings. The Kier molecular flexibility index (Phi) is 12.2. The van der Waals surface area contributed by atoms with Crippen LogP contribution in [0.4, 0.5) is 0 Å². The summed E-state index contributed by atoms with van der Waals surface area (Å²) >= 11 is 0. The topological polar surface area (TPSA) is 35.0 Å². The van der Waals surface area contributed by atoms with Gasteiger partial charge < -0.3 is 4.74 Å². The average molecular weight is 411 g/mol. The second-order valence-corrected chi connectivity index (χ2v) is 8.67. The van der Waals surface area contributed by atoms with E-state index in [4.69, 9.17) is 4.74 Å². The highest BCUT2D eigenvalue weighted by Gasteiger charge is 2.14. The van der Waals surface area contributed by atoms with Gasteiger partial charge in [0.05, 0.1) is 12.3 Å². The van der Waals surface area contributed by atoms with Crippen LogP contribution in [0.15, 0.2) is 36.8 Å². The summed E-state index contributed by atoms with van der Waals surface area (Å²) in [5.41, 5.74) is 3.36. The van der Waals surface area contributed by atoms with Crippen molar-refractivity contribution in [3.63, 3.8) is 0 Å². The van der Waals surface area contributed by atoms with Crippen LogP contribution in [0.25, 0.3) is 11.3 Å². The van der Waals surface area contributed by atoms with Crippen LogP contribution in [0.1, 0.15) is 97.0 Å². The lowest BCUT2D eigenvalue weighted by Gasteiger charge is -2.16. The van der Waals surface area contributed by atoms with E-state index in [9.17, 15) is 0 Å². The van der Waals surface area contributed by atoms with Gasteiger partial charge in [0.15, 0.2) is 0 Å². The van der Waals surface area contributed by atoms with Crippen molar-refractivity contribution >= 4 is 0 Å². The Hall–Kier alpha value is -1.90. The predicted octanol–water partition coefficient (Wildman–Crippen LogP) is 8.03. The molecule has 1 heterocycles. The van der Waals surface area contributed by atoms with E-state index in [1.807, 2.05) is 6.20 Å². The Morgan fingerprint density at radius 2 is 1.57 bits per heavy atom. The monoisotopic (exact) mass is 410 g/mol. The zero-order valence-corrected chi connectivity index (χ0v) is 19.5. The summed E-state index contributed by atoms with van der Waals surface area (Å²) in [5.74, 6) is 1.59. The number of hydrogen-bond donors (Lipinski definition) is 0. The summed E-state index contributed by atoms with van der Waals surface area (Å²) in [5, 5.41) is 0. The maximum atomic E-state index is 6.19. The van der Waals surface area contributed by atoms with Gasteiger partial charge in [-0.25, -0.2) is 9.97 Å². The van der Waals surface area contributed by atoms with Crippen LogP contribution in [0.3, 0.4) is 0 Å². The number of unbranched alkanes of at least 4 members (excludes halogenated alkanes) is 8. The standard InChI is InChI=1S/C27H42N2O/c1-4-6-8-10-11-15-19-30-26-18-14-13-17-25(26)27-24(21-28-22-29-27)20-23(3)16-12-9-7-5-2/h13-14,17-18,21-23H,4-12,15-16,19-20H2,1-3H3. The maximum absolute atomic E-state index is 6.19. The van der Waals surface area contributed by atoms with Gasteiger partial charge in [0.1, 0.15) is 12.1 Å². The normalized spacial score (nSPS) is 12.1. The zero-order chi connectivity index (χ0) is 21.4. The summed E-state index contributed by atoms with van der Waals surface area (Å²) in [7, 11) is 0. The molecule has 0 aliphatic carbocycles. The Balaban J connectivity index is 1.97. The predicted molar refractivity (Wildman–Crippen MR) is 128 cm³/mol. The number of para-hydroxylation sites is 1. The largest absolute Gasteiger partial charge is 0.493 e. The molecule has 0 spiro atoms. The molecule has 0 amide bonds. The third-order valence-electron chi connectivity index (χ3n) is 5.80. The van der Waals surface area contributed by atoms with Crippen LogP contribution in [-0.2, 0) is 6.42 Å². The second kappa shape index (κ2) is 15.0. The van der Waals surface area contributed by atoms with Crippen LogP contribution in [-0.4, -0.2) is 16.6 Å². The zero-order valence-electron chi connectivity index (χ0n) is 19.5. The van der Waals surface area contributed by atoms with Gasteiger partial charge >= 0.3 is 0 Å². The van der Waals surface area contributed by atoms with Crippen molar-refractivity contribution < 1.29 is 4.74 Å². The number of nitrogens with zero attached hydrogens (tertiary/aromatic N) is 2. The number of aromatic nitrogens is 2. The van der Waals surface area contributed by atoms with Gasteiger partial charge in [-0.1, -0.05) is 97.1 Å². The van der Waals surface area contributed by atoms with E-state index >= 15 is 0 Å². The fraction of sp³-hybridized carbons (Fsp3) is 0.630. The molecule has 30 heavy (non-hydrogen) atoms. The summed E-state index contributed by atoms with van der Waals surface area (Å²) in [4.78, 5) is 8.98. The Labute approximate surface area is 184 Å². The van der Waals surface area contributed by atoms with E-state index in [1.54, 1.807) is 6.33 Å². The minimum atomic E-state index is 0.641. The van der Waals surface area contributed by atoms with Crippen molar-refractivity contribution in [2.24, 2.45) is 5.92 Å². The van der Waals surface area contributed by atoms with Crippen LogP contribution >= 0.6 is 0 Å². The molecular weight excluding hydrogens is 368 g/mol. The molecule has 0 radical (unpaired) electrons. The first-order valence-electron chi connectivity index (χ1n) is 12.3. The summed E-state index contributed by atoms with van der Waals surface area (Å²) in [6, 6.07) is 8.34. The molecule has 2 rings (SSSR count). The van der Waals surface area contributed by atoms with Gasteiger partial charge in [-0.05, 0) is 36.5 Å². The molecule has 166 valence electrons. The van der Waals surface area contributed by atoms with Crippen molar-refractivity contribution in [2.45, 2.75) is 97.8 Å². The molecule has 1 aromatic carbocycles. The quantitative estimate of drug-likeness (QED) is 0.263. The van der Waals surface area contributed by atoms with E-state index in [1.165, 1.54) is 69.8 Å². The SMILES string of the molecule is CCCCCCCCOc1ccccc1-c1ncncc1CC(C)CCCCCC. The number of rotatable bonds is 16. The molecule has 0 bridgehead atoms. The molecule has 0 saturated carbocycles. The summed E-state index contributed by atoms with van der Waals surface area (Å²) in [6.45, 7) is 7.65. The first-order valence-corrected chi connectivity index (χ1v) is 12.3. The molecule has 0 saturated heterocycles. The fourth-order valence-electron chi connectivity index (χ4n) is 4.00. The van der Waals surface area contributed by atoms with Gasteiger partial charge in [0, 0.05) is 11.8 Å². The average Bonchev–Trinajstić information content (AvgIpc) is 2.77. The van der Waals surface area contributed by atoms with Gasteiger partial charge in [-0.3, -0.25) is 0 Å². The van der Waals surface area contributed by atoms with E-state index in [0.717, 1.165) is 36.5 Å². The summed E-state index contributed by atoms with van der Waals surface area (Å²) < 4.78 is 6.19. The first-order chi connectivity index (χ1) is 14.8. The van der Waals surface area contributed by atoms with Gasteiger partial charge in [0.25, 0.3) is 0 Å². The highest BCUT2D eigenvalue weighted by Crippen LogP contribution is 2.32. The van der Waals surface area contributed by atoms with Crippen LogP contribution in [0.2, 0.25) is 0 Å². The third-order valence-corrected chi connectivity index (χ3v) is 5.80. The highest BCUT2D eigenvalue weighted by molar-refractivity contribution is 5.69. The lowest BCUT2D eigenvalue weighted by atomic mass is 9.93. The minimum Gasteiger partial charge on any atom is -0.493 e. The molecule has 3 heteroatoms. The summed E-state index contributed by atoms with van der Waals surface area (Å²) in [6.07, 6.45) is 18.9. The molecule has 0 aliphatic heterocycles. The molecule has 1 unspecified atom stereocenters. The van der Waals surface area contributed by atoms with Crippen molar-refractivity contribution in [2.75, 3.05) is 6.61 Å². The van der Waals surface area contributed by atoms with Gasteiger partial charge in [-0.15, -0.1) is 0 Å². The molecule has 0 aliphatic rings. The maximum Gasteiger partial charge on any atom is 0.128 e. The number of hydrogen-bond acceptors (Lipinski definition) is 3. The molecule has 1 aromatic heterocycles. The van der Waals surface area contributed by atoms with E-state index < -0.39 is 0 Å². The van der Waals surface area contributed by atoms with E-state index in [2.05, 4.69) is 55.0 Å². The molecule has 1 atom stereocenters. The fourth-order valence-corrected chi connectivity index (χ4v) is 4.00. The molecule has 3 nitrogen and oxygen atoms in total. The van der Waals surface area contributed by atoms with Crippen LogP contribution in [0.5, 0.6) is 5.75 Å². The Bertz CT molecular complexity index is 701. The molecule has 2 aromatic rings. The lowest BCUT2D eigenvalue weighted by molar-refractivity contribution is 0.305. The van der Waals surface area contributed by atoms with Crippen molar-refractivity contribution in [1.29, 1.82) is 0 Å². The Morgan fingerprint density at radius 1 is 0.867 bits per heavy atom. The highest BCUT2D eigenvalue weighted by atomic mass is 16.5. The van der Waals surface area contributed by atoms with Gasteiger partial charge in [-0.2, -0.15) is 0 Å². The van der Waals surface area contributed by atoms with Crippen LogP contribution in [0, 0.1) is 5.92 Å². The van der Waals surface area contributed by atoms with Crippen molar-refractivity contribution in [3.05, 3.63) is 42.4 Å². The third kappa shape index (κ3) is 8.85. The first kappa shape index (κ1) is 24.4. The van der Waals surface area contributed by atoms with E-state index in [-0.39, 0.29) is 0 Å². The second-order valence-electron chi connectivity index (χ2n) is 8.67.